The number of nitrogens with one attached hydrogen (secondary N) is 1. The molecule has 1 aliphatic carbocycles. The van der Waals surface area contributed by atoms with Crippen LogP contribution in [0.1, 0.15) is 31.2 Å². The van der Waals surface area contributed by atoms with Gasteiger partial charge in [0, 0.05) is 24.3 Å². The fourth-order valence-electron chi connectivity index (χ4n) is 2.51. The van der Waals surface area contributed by atoms with Gasteiger partial charge in [-0.1, -0.05) is 23.7 Å². The summed E-state index contributed by atoms with van der Waals surface area (Å²) in [5.74, 6) is -1.38. The van der Waals surface area contributed by atoms with Gasteiger partial charge in [-0.15, -0.1) is 0 Å². The fraction of sp³-hybridized carbons (Fsp3) is 0.467. The average molecular weight is 312 g/mol. The Kier molecular flexibility index (Phi) is 4.85. The molecule has 0 radical (unpaired) electrons. The molecule has 3 N–H and O–H groups in total. The number of amides is 1. The van der Waals surface area contributed by atoms with E-state index in [0.717, 1.165) is 12.0 Å². The van der Waals surface area contributed by atoms with E-state index in [1.54, 1.807) is 12.1 Å². The lowest BCUT2D eigenvalue weighted by Gasteiger charge is -2.42. The first-order chi connectivity index (χ1) is 9.91. The van der Waals surface area contributed by atoms with Crippen molar-refractivity contribution in [2.45, 2.75) is 43.7 Å². The Morgan fingerprint density at radius 1 is 1.29 bits per heavy atom. The monoisotopic (exact) mass is 311 g/mol. The lowest BCUT2D eigenvalue weighted by molar-refractivity contribution is -0.157. The third-order valence-electron chi connectivity index (χ3n) is 3.74. The molecule has 2 rings (SSSR count). The Bertz CT molecular complexity index is 523. The predicted octanol–water partition coefficient (Wildman–Crippen LogP) is 1.76. The normalized spacial score (nSPS) is 24.2. The Balaban J connectivity index is 1.77. The van der Waals surface area contributed by atoms with Crippen molar-refractivity contribution in [3.63, 3.8) is 0 Å². The maximum absolute atomic E-state index is 11.8. The van der Waals surface area contributed by atoms with E-state index in [2.05, 4.69) is 5.32 Å². The predicted molar refractivity (Wildman–Crippen MR) is 78.1 cm³/mol. The lowest BCUT2D eigenvalue weighted by Crippen LogP contribution is -2.64. The minimum atomic E-state index is -1.28. The van der Waals surface area contributed by atoms with Crippen LogP contribution in [-0.4, -0.2) is 33.7 Å². The van der Waals surface area contributed by atoms with Gasteiger partial charge in [0.2, 0.25) is 5.91 Å². The molecule has 0 heterocycles. The molecule has 0 aliphatic heterocycles. The highest BCUT2D eigenvalue weighted by Crippen LogP contribution is 2.32. The average Bonchev–Trinajstić information content (AvgIpc) is 2.38. The number of carbonyl (C=O) groups is 2. The molecule has 1 saturated carbocycles. The van der Waals surface area contributed by atoms with Crippen molar-refractivity contribution in [3.8, 4) is 0 Å². The Labute approximate surface area is 127 Å². The van der Waals surface area contributed by atoms with Gasteiger partial charge in [0.1, 0.15) is 5.54 Å². The van der Waals surface area contributed by atoms with Crippen molar-refractivity contribution in [1.29, 1.82) is 0 Å². The molecule has 1 aromatic carbocycles. The van der Waals surface area contributed by atoms with E-state index in [0.29, 0.717) is 11.4 Å². The summed E-state index contributed by atoms with van der Waals surface area (Å²) in [6.45, 7) is 0. The number of benzene rings is 1. The standard InChI is InChI=1S/C15H18ClNO4/c16-11-6-4-10(5-7-11)2-1-3-13(19)17-15(14(20)21)8-12(18)9-15/h4-7,12,18H,1-3,8-9H2,(H,17,19)(H,20,21). The van der Waals surface area contributed by atoms with Gasteiger partial charge in [0.25, 0.3) is 0 Å². The Morgan fingerprint density at radius 2 is 1.90 bits per heavy atom. The number of aliphatic hydroxyl groups is 1. The van der Waals surface area contributed by atoms with Crippen LogP contribution in [0.2, 0.25) is 5.02 Å². The molecule has 0 aromatic heterocycles. The summed E-state index contributed by atoms with van der Waals surface area (Å²) in [6, 6.07) is 7.40. The second-order valence-corrected chi connectivity index (χ2v) is 5.91. The molecule has 1 aromatic rings. The zero-order valence-corrected chi connectivity index (χ0v) is 12.3. The Hall–Kier alpha value is -1.59. The van der Waals surface area contributed by atoms with Gasteiger partial charge in [0.15, 0.2) is 0 Å². The van der Waals surface area contributed by atoms with E-state index in [9.17, 15) is 14.7 Å². The van der Waals surface area contributed by atoms with Crippen LogP contribution >= 0.6 is 11.6 Å². The van der Waals surface area contributed by atoms with Gasteiger partial charge < -0.3 is 15.5 Å². The summed E-state index contributed by atoms with van der Waals surface area (Å²) < 4.78 is 0. The zero-order chi connectivity index (χ0) is 15.5. The summed E-state index contributed by atoms with van der Waals surface area (Å²) >= 11 is 5.79. The first kappa shape index (κ1) is 15.8. The van der Waals surface area contributed by atoms with Crippen LogP contribution in [-0.2, 0) is 16.0 Å². The highest BCUT2D eigenvalue weighted by molar-refractivity contribution is 6.30. The van der Waals surface area contributed by atoms with Gasteiger partial charge in [-0.3, -0.25) is 4.79 Å². The fourth-order valence-corrected chi connectivity index (χ4v) is 2.63. The number of carboxylic acid groups (broad SMARTS) is 1. The number of carboxylic acids is 1. The summed E-state index contributed by atoms with van der Waals surface area (Å²) in [7, 11) is 0. The molecule has 21 heavy (non-hydrogen) atoms. The van der Waals surface area contributed by atoms with E-state index in [4.69, 9.17) is 16.7 Å². The van der Waals surface area contributed by atoms with Gasteiger partial charge in [0.05, 0.1) is 6.10 Å². The van der Waals surface area contributed by atoms with Gasteiger partial charge in [-0.05, 0) is 30.5 Å². The lowest BCUT2D eigenvalue weighted by atomic mass is 9.74. The van der Waals surface area contributed by atoms with Crippen molar-refractivity contribution in [1.82, 2.24) is 5.32 Å². The van der Waals surface area contributed by atoms with E-state index < -0.39 is 17.6 Å². The van der Waals surface area contributed by atoms with Gasteiger partial charge in [-0.25, -0.2) is 4.79 Å². The summed E-state index contributed by atoms with van der Waals surface area (Å²) in [6.07, 6.45) is 1.12. The van der Waals surface area contributed by atoms with Crippen molar-refractivity contribution >= 4 is 23.5 Å². The number of carbonyl (C=O) groups excluding carboxylic acids is 1. The van der Waals surface area contributed by atoms with Crippen molar-refractivity contribution in [2.24, 2.45) is 0 Å². The smallest absolute Gasteiger partial charge is 0.329 e. The second kappa shape index (κ2) is 6.45. The largest absolute Gasteiger partial charge is 0.480 e. The zero-order valence-electron chi connectivity index (χ0n) is 11.5. The van der Waals surface area contributed by atoms with Crippen LogP contribution in [0.15, 0.2) is 24.3 Å². The third kappa shape index (κ3) is 3.95. The number of hydrogen-bond acceptors (Lipinski definition) is 3. The number of hydrogen-bond donors (Lipinski definition) is 3. The highest BCUT2D eigenvalue weighted by atomic mass is 35.5. The second-order valence-electron chi connectivity index (χ2n) is 5.48. The summed E-state index contributed by atoms with van der Waals surface area (Å²) in [5, 5.41) is 21.6. The first-order valence-electron chi connectivity index (χ1n) is 6.88. The van der Waals surface area contributed by atoms with Crippen LogP contribution < -0.4 is 5.32 Å². The number of aliphatic carboxylic acids is 1. The molecular formula is C15H18ClNO4. The number of halogens is 1. The maximum atomic E-state index is 11.8. The molecule has 6 heteroatoms. The maximum Gasteiger partial charge on any atom is 0.329 e. The molecule has 0 spiro atoms. The van der Waals surface area contributed by atoms with Gasteiger partial charge in [-0.2, -0.15) is 0 Å². The van der Waals surface area contributed by atoms with Crippen LogP contribution in [0.4, 0.5) is 0 Å². The molecule has 1 amide bonds. The van der Waals surface area contributed by atoms with E-state index in [1.165, 1.54) is 0 Å². The van der Waals surface area contributed by atoms with Crippen LogP contribution in [0.5, 0.6) is 0 Å². The van der Waals surface area contributed by atoms with Crippen molar-refractivity contribution < 1.29 is 19.8 Å². The minimum Gasteiger partial charge on any atom is -0.480 e. The highest BCUT2D eigenvalue weighted by Gasteiger charge is 2.51. The number of aliphatic hydroxyl groups excluding tert-OH is 1. The van der Waals surface area contributed by atoms with E-state index in [1.807, 2.05) is 12.1 Å². The van der Waals surface area contributed by atoms with Crippen molar-refractivity contribution in [2.75, 3.05) is 0 Å². The first-order valence-corrected chi connectivity index (χ1v) is 7.26. The molecule has 1 fully saturated rings. The summed E-state index contributed by atoms with van der Waals surface area (Å²) in [4.78, 5) is 23.0. The quantitative estimate of drug-likeness (QED) is 0.747. The van der Waals surface area contributed by atoms with Gasteiger partial charge >= 0.3 is 5.97 Å². The van der Waals surface area contributed by atoms with Crippen LogP contribution in [0, 0.1) is 0 Å². The van der Waals surface area contributed by atoms with Crippen LogP contribution in [0.25, 0.3) is 0 Å². The van der Waals surface area contributed by atoms with E-state index in [-0.39, 0.29) is 25.2 Å². The SMILES string of the molecule is O=C(CCCc1ccc(Cl)cc1)NC1(C(=O)O)CC(O)C1. The Morgan fingerprint density at radius 3 is 2.43 bits per heavy atom. The molecule has 5 nitrogen and oxygen atoms in total. The minimum absolute atomic E-state index is 0.0747. The van der Waals surface area contributed by atoms with Crippen LogP contribution in [0.3, 0.4) is 0 Å². The molecule has 0 bridgehead atoms. The third-order valence-corrected chi connectivity index (χ3v) is 3.99. The number of aryl methyl sites for hydroxylation is 1. The molecule has 0 saturated heterocycles. The van der Waals surface area contributed by atoms with E-state index >= 15 is 0 Å². The number of rotatable bonds is 6. The summed E-state index contributed by atoms with van der Waals surface area (Å²) in [5.41, 5.74) is -0.198. The van der Waals surface area contributed by atoms with Crippen molar-refractivity contribution in [3.05, 3.63) is 34.9 Å². The topological polar surface area (TPSA) is 86.6 Å². The molecule has 0 unspecified atom stereocenters. The molecular weight excluding hydrogens is 294 g/mol. The molecule has 114 valence electrons. The molecule has 0 atom stereocenters. The molecule has 1 aliphatic rings.